The molecule has 1 aromatic carbocycles. The van der Waals surface area contributed by atoms with Crippen molar-refractivity contribution in [2.24, 2.45) is 5.92 Å². The summed E-state index contributed by atoms with van der Waals surface area (Å²) in [5.41, 5.74) is 3.06. The fourth-order valence-corrected chi connectivity index (χ4v) is 3.39. The van der Waals surface area contributed by atoms with Gasteiger partial charge in [-0.1, -0.05) is 6.92 Å². The second-order valence-corrected chi connectivity index (χ2v) is 6.10. The van der Waals surface area contributed by atoms with E-state index in [2.05, 4.69) is 12.2 Å². The Hall–Kier alpha value is -1.55. The minimum Gasteiger partial charge on any atom is -0.465 e. The first-order chi connectivity index (χ1) is 9.62. The van der Waals surface area contributed by atoms with Crippen LogP contribution in [0.2, 0.25) is 0 Å². The van der Waals surface area contributed by atoms with Crippen LogP contribution < -0.4 is 5.32 Å². The Morgan fingerprint density at radius 2 is 2.40 bits per heavy atom. The van der Waals surface area contributed by atoms with E-state index in [0.717, 1.165) is 38.3 Å². The van der Waals surface area contributed by atoms with Crippen LogP contribution >= 0.6 is 0 Å². The van der Waals surface area contributed by atoms with Gasteiger partial charge in [-0.05, 0) is 42.5 Å². The van der Waals surface area contributed by atoms with Gasteiger partial charge in [-0.25, -0.2) is 4.79 Å². The molecular formula is C16H21NO3. The number of carbonyl (C=O) groups is 1. The van der Waals surface area contributed by atoms with Crippen LogP contribution in [-0.2, 0) is 14.9 Å². The summed E-state index contributed by atoms with van der Waals surface area (Å²) in [6.45, 7) is 4.93. The van der Waals surface area contributed by atoms with E-state index in [4.69, 9.17) is 9.47 Å². The minimum atomic E-state index is -0.272. The molecule has 1 saturated heterocycles. The van der Waals surface area contributed by atoms with E-state index in [-0.39, 0.29) is 11.4 Å². The molecule has 0 radical (unpaired) electrons. The number of rotatable bonds is 3. The Balaban J connectivity index is 1.88. The standard InChI is InChI=1S/C16H21NO3/c1-16(8-11-5-6-20-9-11)10-17-14-4-3-12(7-13(14)16)15(18)19-2/h3-4,7,11,17H,5-6,8-10H2,1-2H3. The molecule has 1 aromatic rings. The molecule has 0 amide bonds. The predicted molar refractivity (Wildman–Crippen MR) is 77.2 cm³/mol. The molecular weight excluding hydrogens is 254 g/mol. The Morgan fingerprint density at radius 3 is 3.10 bits per heavy atom. The third kappa shape index (κ3) is 2.29. The zero-order valence-corrected chi connectivity index (χ0v) is 12.1. The van der Waals surface area contributed by atoms with Crippen molar-refractivity contribution in [2.75, 3.05) is 32.2 Å². The van der Waals surface area contributed by atoms with Gasteiger partial charge < -0.3 is 14.8 Å². The van der Waals surface area contributed by atoms with Gasteiger partial charge in [-0.2, -0.15) is 0 Å². The third-order valence-electron chi connectivity index (χ3n) is 4.52. The van der Waals surface area contributed by atoms with E-state index in [0.29, 0.717) is 11.5 Å². The number of carbonyl (C=O) groups excluding carboxylic acids is 1. The smallest absolute Gasteiger partial charge is 0.337 e. The summed E-state index contributed by atoms with van der Waals surface area (Å²) in [4.78, 5) is 11.7. The first kappa shape index (κ1) is 13.4. The van der Waals surface area contributed by atoms with Crippen LogP contribution in [0.15, 0.2) is 18.2 Å². The molecule has 2 unspecified atom stereocenters. The molecule has 2 heterocycles. The Labute approximate surface area is 119 Å². The first-order valence-corrected chi connectivity index (χ1v) is 7.17. The number of benzene rings is 1. The number of esters is 1. The van der Waals surface area contributed by atoms with Gasteiger partial charge in [0.1, 0.15) is 0 Å². The Kier molecular flexibility index (Phi) is 3.42. The predicted octanol–water partition coefficient (Wildman–Crippen LogP) is 2.58. The summed E-state index contributed by atoms with van der Waals surface area (Å²) in [6, 6.07) is 5.79. The normalized spacial score (nSPS) is 28.0. The molecule has 0 spiro atoms. The maximum absolute atomic E-state index is 11.7. The average Bonchev–Trinajstić information content (AvgIpc) is 3.07. The lowest BCUT2D eigenvalue weighted by atomic mass is 9.76. The van der Waals surface area contributed by atoms with Gasteiger partial charge in [-0.3, -0.25) is 0 Å². The number of ether oxygens (including phenoxy) is 2. The number of fused-ring (bicyclic) bond motifs is 1. The third-order valence-corrected chi connectivity index (χ3v) is 4.52. The second-order valence-electron chi connectivity index (χ2n) is 6.10. The molecule has 1 N–H and O–H groups in total. The summed E-state index contributed by atoms with van der Waals surface area (Å²) in [7, 11) is 1.42. The molecule has 3 rings (SSSR count). The van der Waals surface area contributed by atoms with Crippen molar-refractivity contribution in [3.63, 3.8) is 0 Å². The van der Waals surface area contributed by atoms with Crippen LogP contribution in [0.3, 0.4) is 0 Å². The van der Waals surface area contributed by atoms with Crippen molar-refractivity contribution in [2.45, 2.75) is 25.2 Å². The van der Waals surface area contributed by atoms with Crippen molar-refractivity contribution in [3.8, 4) is 0 Å². The lowest BCUT2D eigenvalue weighted by molar-refractivity contribution is 0.0600. The molecule has 2 aliphatic rings. The zero-order chi connectivity index (χ0) is 14.2. The topological polar surface area (TPSA) is 47.6 Å². The van der Waals surface area contributed by atoms with Crippen LogP contribution in [0.1, 0.15) is 35.7 Å². The quantitative estimate of drug-likeness (QED) is 0.861. The van der Waals surface area contributed by atoms with E-state index >= 15 is 0 Å². The van der Waals surface area contributed by atoms with E-state index in [9.17, 15) is 4.79 Å². The molecule has 1 fully saturated rings. The van der Waals surface area contributed by atoms with Crippen molar-refractivity contribution in [3.05, 3.63) is 29.3 Å². The SMILES string of the molecule is COC(=O)c1ccc2c(c1)C(C)(CC1CCOC1)CN2. The van der Waals surface area contributed by atoms with E-state index < -0.39 is 0 Å². The highest BCUT2D eigenvalue weighted by molar-refractivity contribution is 5.90. The van der Waals surface area contributed by atoms with Gasteiger partial charge in [0.25, 0.3) is 0 Å². The summed E-state index contributed by atoms with van der Waals surface area (Å²) >= 11 is 0. The van der Waals surface area contributed by atoms with Gasteiger partial charge in [-0.15, -0.1) is 0 Å². The van der Waals surface area contributed by atoms with Crippen molar-refractivity contribution in [1.82, 2.24) is 0 Å². The number of anilines is 1. The number of hydrogen-bond acceptors (Lipinski definition) is 4. The van der Waals surface area contributed by atoms with E-state index in [1.807, 2.05) is 18.2 Å². The molecule has 2 aliphatic heterocycles. The summed E-state index contributed by atoms with van der Waals surface area (Å²) in [5, 5.41) is 3.46. The fraction of sp³-hybridized carbons (Fsp3) is 0.562. The van der Waals surface area contributed by atoms with Crippen LogP contribution in [0.5, 0.6) is 0 Å². The minimum absolute atomic E-state index is 0.0672. The van der Waals surface area contributed by atoms with Crippen molar-refractivity contribution >= 4 is 11.7 Å². The molecule has 0 aromatic heterocycles. The van der Waals surface area contributed by atoms with E-state index in [1.165, 1.54) is 12.7 Å². The molecule has 20 heavy (non-hydrogen) atoms. The van der Waals surface area contributed by atoms with Crippen molar-refractivity contribution in [1.29, 1.82) is 0 Å². The van der Waals surface area contributed by atoms with Gasteiger partial charge in [0.05, 0.1) is 12.7 Å². The van der Waals surface area contributed by atoms with Gasteiger partial charge in [0.15, 0.2) is 0 Å². The fourth-order valence-electron chi connectivity index (χ4n) is 3.39. The monoisotopic (exact) mass is 275 g/mol. The molecule has 2 atom stereocenters. The molecule has 0 aliphatic carbocycles. The number of methoxy groups -OCH3 is 1. The molecule has 4 heteroatoms. The number of nitrogens with one attached hydrogen (secondary N) is 1. The van der Waals surface area contributed by atoms with Crippen LogP contribution in [0.25, 0.3) is 0 Å². The van der Waals surface area contributed by atoms with E-state index in [1.54, 1.807) is 0 Å². The summed E-state index contributed by atoms with van der Waals surface area (Å²) in [5.74, 6) is 0.348. The van der Waals surface area contributed by atoms with Gasteiger partial charge in [0.2, 0.25) is 0 Å². The van der Waals surface area contributed by atoms with Crippen LogP contribution in [-0.4, -0.2) is 32.8 Å². The number of hydrogen-bond donors (Lipinski definition) is 1. The summed E-state index contributed by atoms with van der Waals surface area (Å²) < 4.78 is 10.3. The highest BCUT2D eigenvalue weighted by Gasteiger charge is 2.37. The zero-order valence-electron chi connectivity index (χ0n) is 12.1. The molecule has 0 bridgehead atoms. The maximum Gasteiger partial charge on any atom is 0.337 e. The molecule has 4 nitrogen and oxygen atoms in total. The highest BCUT2D eigenvalue weighted by Crippen LogP contribution is 2.42. The largest absolute Gasteiger partial charge is 0.465 e. The first-order valence-electron chi connectivity index (χ1n) is 7.17. The highest BCUT2D eigenvalue weighted by atomic mass is 16.5. The molecule has 108 valence electrons. The lowest BCUT2D eigenvalue weighted by Crippen LogP contribution is -2.28. The molecule has 0 saturated carbocycles. The van der Waals surface area contributed by atoms with Crippen LogP contribution in [0, 0.1) is 5.92 Å². The Bertz CT molecular complexity index is 522. The van der Waals surface area contributed by atoms with Gasteiger partial charge in [0, 0.05) is 30.9 Å². The van der Waals surface area contributed by atoms with Gasteiger partial charge >= 0.3 is 5.97 Å². The Morgan fingerprint density at radius 1 is 1.55 bits per heavy atom. The average molecular weight is 275 g/mol. The van der Waals surface area contributed by atoms with Crippen molar-refractivity contribution < 1.29 is 14.3 Å². The van der Waals surface area contributed by atoms with Crippen LogP contribution in [0.4, 0.5) is 5.69 Å². The summed E-state index contributed by atoms with van der Waals surface area (Å²) in [6.07, 6.45) is 2.24. The maximum atomic E-state index is 11.7. The lowest BCUT2D eigenvalue weighted by Gasteiger charge is -2.27. The second kappa shape index (κ2) is 5.09.